The van der Waals surface area contributed by atoms with Crippen molar-refractivity contribution >= 4 is 34.8 Å². The highest BCUT2D eigenvalue weighted by Gasteiger charge is 2.19. The third kappa shape index (κ3) is 3.67. The van der Waals surface area contributed by atoms with Gasteiger partial charge in [0.05, 0.1) is 17.0 Å². The molecule has 1 aromatic carbocycles. The van der Waals surface area contributed by atoms with Crippen molar-refractivity contribution in [2.24, 2.45) is 5.92 Å². The molecule has 2 unspecified atom stereocenters. The van der Waals surface area contributed by atoms with Crippen LogP contribution in [0.1, 0.15) is 38.1 Å². The Bertz CT molecular complexity index is 379. The Kier molecular flexibility index (Phi) is 5.91. The van der Waals surface area contributed by atoms with E-state index in [-0.39, 0.29) is 5.38 Å². The van der Waals surface area contributed by atoms with Gasteiger partial charge in [-0.05, 0) is 24.5 Å². The summed E-state index contributed by atoms with van der Waals surface area (Å²) in [6.07, 6.45) is 0.995. The van der Waals surface area contributed by atoms with E-state index in [4.69, 9.17) is 39.5 Å². The topological polar surface area (TPSA) is 9.23 Å². The van der Waals surface area contributed by atoms with Gasteiger partial charge in [-0.2, -0.15) is 0 Å². The van der Waals surface area contributed by atoms with Crippen LogP contribution in [0.15, 0.2) is 12.1 Å². The van der Waals surface area contributed by atoms with Crippen LogP contribution in [0.2, 0.25) is 10.0 Å². The maximum absolute atomic E-state index is 6.38. The Balaban J connectivity index is 3.06. The van der Waals surface area contributed by atoms with Crippen LogP contribution in [0, 0.1) is 5.92 Å². The molecule has 1 nitrogen and oxygen atoms in total. The van der Waals surface area contributed by atoms with E-state index in [0.29, 0.717) is 28.3 Å². The SMILES string of the molecule is CCOc1cc(Cl)c(C(Cl)C(C)CC)cc1Cl. The molecule has 2 atom stereocenters. The molecule has 0 aliphatic carbocycles. The number of halogens is 3. The zero-order valence-electron chi connectivity index (χ0n) is 10.3. The fourth-order valence-electron chi connectivity index (χ4n) is 1.53. The minimum Gasteiger partial charge on any atom is -0.492 e. The van der Waals surface area contributed by atoms with Gasteiger partial charge >= 0.3 is 0 Å². The van der Waals surface area contributed by atoms with Crippen LogP contribution in [0.5, 0.6) is 5.75 Å². The predicted molar refractivity (Wildman–Crippen MR) is 75.7 cm³/mol. The number of rotatable bonds is 5. The molecule has 1 aromatic rings. The Labute approximate surface area is 118 Å². The van der Waals surface area contributed by atoms with Crippen LogP contribution >= 0.6 is 34.8 Å². The summed E-state index contributed by atoms with van der Waals surface area (Å²) >= 11 is 18.7. The van der Waals surface area contributed by atoms with Crippen molar-refractivity contribution in [2.75, 3.05) is 6.61 Å². The van der Waals surface area contributed by atoms with E-state index in [1.54, 1.807) is 12.1 Å². The van der Waals surface area contributed by atoms with Crippen molar-refractivity contribution in [3.05, 3.63) is 27.7 Å². The lowest BCUT2D eigenvalue weighted by molar-refractivity contribution is 0.340. The van der Waals surface area contributed by atoms with Crippen molar-refractivity contribution in [2.45, 2.75) is 32.6 Å². The number of benzene rings is 1. The first-order valence-electron chi connectivity index (χ1n) is 5.77. The fraction of sp³-hybridized carbons (Fsp3) is 0.538. The van der Waals surface area contributed by atoms with E-state index in [1.807, 2.05) is 6.92 Å². The Morgan fingerprint density at radius 2 is 1.82 bits per heavy atom. The molecule has 0 saturated heterocycles. The fourth-order valence-corrected chi connectivity index (χ4v) is 2.45. The highest BCUT2D eigenvalue weighted by Crippen LogP contribution is 2.40. The second-order valence-corrected chi connectivity index (χ2v) is 5.31. The summed E-state index contributed by atoms with van der Waals surface area (Å²) in [5.41, 5.74) is 0.871. The molecule has 0 N–H and O–H groups in total. The summed E-state index contributed by atoms with van der Waals surface area (Å²) in [6.45, 7) is 6.66. The van der Waals surface area contributed by atoms with Gasteiger partial charge in [0.25, 0.3) is 0 Å². The van der Waals surface area contributed by atoms with Crippen molar-refractivity contribution in [3.63, 3.8) is 0 Å². The van der Waals surface area contributed by atoms with E-state index in [2.05, 4.69) is 13.8 Å². The van der Waals surface area contributed by atoms with Gasteiger partial charge in [0.1, 0.15) is 5.75 Å². The molecule has 0 aliphatic heterocycles. The largest absolute Gasteiger partial charge is 0.492 e. The molecule has 0 amide bonds. The van der Waals surface area contributed by atoms with Crippen molar-refractivity contribution in [1.29, 1.82) is 0 Å². The van der Waals surface area contributed by atoms with E-state index in [0.717, 1.165) is 12.0 Å². The monoisotopic (exact) mass is 294 g/mol. The highest BCUT2D eigenvalue weighted by atomic mass is 35.5. The molecule has 0 radical (unpaired) electrons. The molecule has 1 rings (SSSR count). The summed E-state index contributed by atoms with van der Waals surface area (Å²) in [7, 11) is 0. The van der Waals surface area contributed by atoms with Crippen LogP contribution in [0.3, 0.4) is 0 Å². The van der Waals surface area contributed by atoms with Gasteiger partial charge < -0.3 is 4.74 Å². The molecule has 0 saturated carbocycles. The Morgan fingerprint density at radius 1 is 1.18 bits per heavy atom. The van der Waals surface area contributed by atoms with Gasteiger partial charge in [0.15, 0.2) is 0 Å². The van der Waals surface area contributed by atoms with E-state index in [9.17, 15) is 0 Å². The minimum atomic E-state index is -0.124. The first kappa shape index (κ1) is 14.9. The summed E-state index contributed by atoms with van der Waals surface area (Å²) in [5.74, 6) is 0.958. The smallest absolute Gasteiger partial charge is 0.139 e. The molecule has 0 aromatic heterocycles. The van der Waals surface area contributed by atoms with Gasteiger partial charge in [0, 0.05) is 11.1 Å². The molecule has 0 fully saturated rings. The van der Waals surface area contributed by atoms with Crippen molar-refractivity contribution < 1.29 is 4.74 Å². The molecule has 0 spiro atoms. The lowest BCUT2D eigenvalue weighted by atomic mass is 9.98. The lowest BCUT2D eigenvalue weighted by Gasteiger charge is -2.19. The third-order valence-electron chi connectivity index (χ3n) is 2.79. The van der Waals surface area contributed by atoms with Crippen LogP contribution in [-0.2, 0) is 0 Å². The number of hydrogen-bond acceptors (Lipinski definition) is 1. The lowest BCUT2D eigenvalue weighted by Crippen LogP contribution is -2.04. The highest BCUT2D eigenvalue weighted by molar-refractivity contribution is 6.35. The molecular formula is C13H17Cl3O. The molecular weight excluding hydrogens is 279 g/mol. The summed E-state index contributed by atoms with van der Waals surface area (Å²) < 4.78 is 5.38. The summed E-state index contributed by atoms with van der Waals surface area (Å²) in [6, 6.07) is 3.54. The van der Waals surface area contributed by atoms with E-state index >= 15 is 0 Å². The zero-order chi connectivity index (χ0) is 13.0. The average molecular weight is 296 g/mol. The molecule has 0 heterocycles. The van der Waals surface area contributed by atoms with Gasteiger partial charge in [-0.25, -0.2) is 0 Å². The molecule has 17 heavy (non-hydrogen) atoms. The van der Waals surface area contributed by atoms with Gasteiger partial charge in [-0.1, -0.05) is 43.5 Å². The number of ether oxygens (including phenoxy) is 1. The van der Waals surface area contributed by atoms with Crippen molar-refractivity contribution in [3.8, 4) is 5.75 Å². The van der Waals surface area contributed by atoms with Crippen LogP contribution < -0.4 is 4.74 Å². The quantitative estimate of drug-likeness (QED) is 0.631. The van der Waals surface area contributed by atoms with E-state index < -0.39 is 0 Å². The van der Waals surface area contributed by atoms with Gasteiger partial charge in [-0.15, -0.1) is 11.6 Å². The van der Waals surface area contributed by atoms with Crippen LogP contribution in [-0.4, -0.2) is 6.61 Å². The first-order chi connectivity index (χ1) is 8.01. The molecule has 0 aliphatic rings. The second kappa shape index (κ2) is 6.72. The standard InChI is InChI=1S/C13H17Cl3O/c1-4-8(3)13(16)9-6-11(15)12(17-5-2)7-10(9)14/h6-8,13H,4-5H2,1-3H3. The maximum Gasteiger partial charge on any atom is 0.139 e. The summed E-state index contributed by atoms with van der Waals surface area (Å²) in [4.78, 5) is 0. The molecule has 96 valence electrons. The van der Waals surface area contributed by atoms with Gasteiger partial charge in [0.2, 0.25) is 0 Å². The summed E-state index contributed by atoms with van der Waals surface area (Å²) in [5, 5.41) is 1.04. The van der Waals surface area contributed by atoms with Crippen LogP contribution in [0.4, 0.5) is 0 Å². The van der Waals surface area contributed by atoms with Gasteiger partial charge in [-0.3, -0.25) is 0 Å². The third-order valence-corrected chi connectivity index (χ3v) is 4.08. The van der Waals surface area contributed by atoms with E-state index in [1.165, 1.54) is 0 Å². The normalized spacial score (nSPS) is 14.5. The number of hydrogen-bond donors (Lipinski definition) is 0. The van der Waals surface area contributed by atoms with Crippen molar-refractivity contribution in [1.82, 2.24) is 0 Å². The first-order valence-corrected chi connectivity index (χ1v) is 6.96. The molecule has 4 heteroatoms. The average Bonchev–Trinajstić information content (AvgIpc) is 2.31. The predicted octanol–water partition coefficient (Wildman–Crippen LogP) is 5.72. The Hall–Kier alpha value is -0.110. The molecule has 0 bridgehead atoms. The number of alkyl halides is 1. The van der Waals surface area contributed by atoms with Crippen LogP contribution in [0.25, 0.3) is 0 Å². The minimum absolute atomic E-state index is 0.124. The second-order valence-electron chi connectivity index (χ2n) is 4.02. The zero-order valence-corrected chi connectivity index (χ0v) is 12.5. The Morgan fingerprint density at radius 3 is 2.35 bits per heavy atom. The maximum atomic E-state index is 6.38.